The summed E-state index contributed by atoms with van der Waals surface area (Å²) in [6, 6.07) is 7.73. The number of alkyl halides is 3. The molecule has 0 saturated carbocycles. The fourth-order valence-corrected chi connectivity index (χ4v) is 2.13. The number of rotatable bonds is 2. The van der Waals surface area contributed by atoms with Crippen LogP contribution in [-0.4, -0.2) is 13.0 Å². The number of nitrogens with zero attached hydrogens (tertiary/aromatic N) is 1. The third-order valence-corrected chi connectivity index (χ3v) is 2.91. The minimum Gasteiger partial charge on any atom is -0.406 e. The van der Waals surface area contributed by atoms with Gasteiger partial charge in [0.25, 0.3) is 0 Å². The highest BCUT2D eigenvalue weighted by molar-refractivity contribution is 5.31. The van der Waals surface area contributed by atoms with Crippen LogP contribution in [0, 0.1) is 17.2 Å². The lowest BCUT2D eigenvalue weighted by Gasteiger charge is -2.27. The van der Waals surface area contributed by atoms with Gasteiger partial charge in [-0.15, -0.1) is 13.2 Å². The Morgan fingerprint density at radius 3 is 2.84 bits per heavy atom. The summed E-state index contributed by atoms with van der Waals surface area (Å²) in [7, 11) is 0. The van der Waals surface area contributed by atoms with E-state index >= 15 is 0 Å². The van der Waals surface area contributed by atoms with Gasteiger partial charge < -0.3 is 9.47 Å². The number of nitriles is 1. The molecule has 1 aliphatic rings. The number of hydrogen-bond acceptors (Lipinski definition) is 3. The fourth-order valence-electron chi connectivity index (χ4n) is 2.13. The normalized spacial score (nSPS) is 23.7. The molecule has 2 unspecified atom stereocenters. The summed E-state index contributed by atoms with van der Waals surface area (Å²) in [5.74, 6) is -0.634. The molecule has 2 atom stereocenters. The molecule has 0 spiro atoms. The van der Waals surface area contributed by atoms with Crippen molar-refractivity contribution in [1.29, 1.82) is 5.26 Å². The van der Waals surface area contributed by atoms with Crippen molar-refractivity contribution in [3.8, 4) is 11.8 Å². The Morgan fingerprint density at radius 1 is 1.37 bits per heavy atom. The maximum Gasteiger partial charge on any atom is 0.573 e. The second kappa shape index (κ2) is 5.49. The third kappa shape index (κ3) is 3.61. The van der Waals surface area contributed by atoms with E-state index in [1.165, 1.54) is 18.2 Å². The van der Waals surface area contributed by atoms with Crippen molar-refractivity contribution >= 4 is 0 Å². The largest absolute Gasteiger partial charge is 0.573 e. The molecule has 0 bridgehead atoms. The fraction of sp³-hybridized carbons (Fsp3) is 0.462. The molecule has 2 rings (SSSR count). The Hall–Kier alpha value is -1.74. The molecule has 0 N–H and O–H groups in total. The van der Waals surface area contributed by atoms with E-state index in [9.17, 15) is 13.2 Å². The first-order valence-electron chi connectivity index (χ1n) is 5.86. The summed E-state index contributed by atoms with van der Waals surface area (Å²) in [5, 5.41) is 9.04. The standard InChI is InChI=1S/C13H12F3NO2/c14-13(15,16)19-11-5-1-3-9(7-11)12-10(8-17)4-2-6-18-12/h1,3,5,7,10,12H,2,4,6H2. The highest BCUT2D eigenvalue weighted by atomic mass is 19.4. The summed E-state index contributed by atoms with van der Waals surface area (Å²) in [6.07, 6.45) is -3.74. The van der Waals surface area contributed by atoms with Gasteiger partial charge in [0.05, 0.1) is 18.1 Å². The van der Waals surface area contributed by atoms with Gasteiger partial charge in [0.2, 0.25) is 0 Å². The number of hydrogen-bond donors (Lipinski definition) is 0. The SMILES string of the molecule is N#CC1CCCOC1c1cccc(OC(F)(F)F)c1. The van der Waals surface area contributed by atoms with E-state index in [0.29, 0.717) is 18.6 Å². The summed E-state index contributed by atoms with van der Waals surface area (Å²) >= 11 is 0. The summed E-state index contributed by atoms with van der Waals surface area (Å²) < 4.78 is 45.8. The van der Waals surface area contributed by atoms with Crippen molar-refractivity contribution in [3.05, 3.63) is 29.8 Å². The minimum absolute atomic E-state index is 0.295. The predicted molar refractivity (Wildman–Crippen MR) is 60.2 cm³/mol. The van der Waals surface area contributed by atoms with Gasteiger partial charge in [-0.3, -0.25) is 0 Å². The molecule has 1 aromatic carbocycles. The van der Waals surface area contributed by atoms with Gasteiger partial charge in [-0.05, 0) is 30.5 Å². The molecule has 3 nitrogen and oxygen atoms in total. The molecule has 1 heterocycles. The molecule has 0 aliphatic carbocycles. The highest BCUT2D eigenvalue weighted by Gasteiger charge is 2.32. The molecule has 1 aliphatic heterocycles. The van der Waals surface area contributed by atoms with Crippen LogP contribution in [-0.2, 0) is 4.74 Å². The highest BCUT2D eigenvalue weighted by Crippen LogP contribution is 2.35. The lowest BCUT2D eigenvalue weighted by atomic mass is 9.91. The van der Waals surface area contributed by atoms with Crippen molar-refractivity contribution in [2.75, 3.05) is 6.61 Å². The smallest absolute Gasteiger partial charge is 0.406 e. The zero-order valence-corrected chi connectivity index (χ0v) is 9.98. The van der Waals surface area contributed by atoms with Gasteiger partial charge in [0.15, 0.2) is 0 Å². The zero-order valence-electron chi connectivity index (χ0n) is 9.98. The molecular formula is C13H12F3NO2. The molecular weight excluding hydrogens is 259 g/mol. The van der Waals surface area contributed by atoms with Crippen molar-refractivity contribution in [2.24, 2.45) is 5.92 Å². The third-order valence-electron chi connectivity index (χ3n) is 2.91. The zero-order chi connectivity index (χ0) is 13.9. The molecule has 19 heavy (non-hydrogen) atoms. The first kappa shape index (κ1) is 13.7. The molecule has 1 fully saturated rings. The first-order chi connectivity index (χ1) is 8.99. The van der Waals surface area contributed by atoms with Crippen LogP contribution in [0.2, 0.25) is 0 Å². The maximum absolute atomic E-state index is 12.2. The number of benzene rings is 1. The van der Waals surface area contributed by atoms with Gasteiger partial charge in [-0.2, -0.15) is 5.26 Å². The molecule has 0 aromatic heterocycles. The Labute approximate surface area is 108 Å². The summed E-state index contributed by atoms with van der Waals surface area (Å²) in [6.45, 7) is 0.507. The minimum atomic E-state index is -4.72. The van der Waals surface area contributed by atoms with E-state index < -0.39 is 12.5 Å². The van der Waals surface area contributed by atoms with E-state index in [2.05, 4.69) is 10.8 Å². The Bertz CT molecular complexity index is 482. The molecule has 0 amide bonds. The Morgan fingerprint density at radius 2 is 2.16 bits per heavy atom. The van der Waals surface area contributed by atoms with Crippen LogP contribution in [0.4, 0.5) is 13.2 Å². The Balaban J connectivity index is 2.20. The van der Waals surface area contributed by atoms with Crippen molar-refractivity contribution in [3.63, 3.8) is 0 Å². The van der Waals surface area contributed by atoms with Gasteiger partial charge in [-0.25, -0.2) is 0 Å². The van der Waals surface area contributed by atoms with Crippen LogP contribution < -0.4 is 4.74 Å². The van der Waals surface area contributed by atoms with E-state index in [4.69, 9.17) is 10.00 Å². The van der Waals surface area contributed by atoms with Gasteiger partial charge >= 0.3 is 6.36 Å². The molecule has 1 aromatic rings. The molecule has 6 heteroatoms. The quantitative estimate of drug-likeness (QED) is 0.825. The van der Waals surface area contributed by atoms with E-state index in [0.717, 1.165) is 6.42 Å². The monoisotopic (exact) mass is 271 g/mol. The molecule has 102 valence electrons. The van der Waals surface area contributed by atoms with Crippen LogP contribution in [0.15, 0.2) is 24.3 Å². The maximum atomic E-state index is 12.2. The average molecular weight is 271 g/mol. The van der Waals surface area contributed by atoms with E-state index in [-0.39, 0.29) is 11.7 Å². The van der Waals surface area contributed by atoms with Crippen molar-refractivity contribution < 1.29 is 22.6 Å². The Kier molecular flexibility index (Phi) is 3.96. The topological polar surface area (TPSA) is 42.2 Å². The molecule has 1 saturated heterocycles. The van der Waals surface area contributed by atoms with Crippen LogP contribution >= 0.6 is 0 Å². The second-order valence-electron chi connectivity index (χ2n) is 4.29. The number of ether oxygens (including phenoxy) is 2. The second-order valence-corrected chi connectivity index (χ2v) is 4.29. The lowest BCUT2D eigenvalue weighted by Crippen LogP contribution is -2.22. The van der Waals surface area contributed by atoms with Crippen molar-refractivity contribution in [2.45, 2.75) is 25.3 Å². The van der Waals surface area contributed by atoms with Crippen LogP contribution in [0.25, 0.3) is 0 Å². The lowest BCUT2D eigenvalue weighted by molar-refractivity contribution is -0.274. The summed E-state index contributed by atoms with van der Waals surface area (Å²) in [4.78, 5) is 0. The number of halogens is 3. The average Bonchev–Trinajstić information content (AvgIpc) is 2.37. The van der Waals surface area contributed by atoms with Gasteiger partial charge in [0.1, 0.15) is 5.75 Å². The van der Waals surface area contributed by atoms with Crippen LogP contribution in [0.3, 0.4) is 0 Å². The van der Waals surface area contributed by atoms with E-state index in [1.54, 1.807) is 6.07 Å². The van der Waals surface area contributed by atoms with Crippen LogP contribution in [0.5, 0.6) is 5.75 Å². The van der Waals surface area contributed by atoms with Gasteiger partial charge in [0, 0.05) is 6.61 Å². The predicted octanol–water partition coefficient (Wildman–Crippen LogP) is 3.58. The van der Waals surface area contributed by atoms with Gasteiger partial charge in [-0.1, -0.05) is 12.1 Å². The van der Waals surface area contributed by atoms with Crippen LogP contribution in [0.1, 0.15) is 24.5 Å². The first-order valence-corrected chi connectivity index (χ1v) is 5.86. The molecule has 0 radical (unpaired) electrons. The van der Waals surface area contributed by atoms with Crippen molar-refractivity contribution in [1.82, 2.24) is 0 Å². The van der Waals surface area contributed by atoms with E-state index in [1.807, 2.05) is 0 Å². The summed E-state index contributed by atoms with van der Waals surface area (Å²) in [5.41, 5.74) is 0.535.